The third kappa shape index (κ3) is 9.79. The van der Waals surface area contributed by atoms with Crippen LogP contribution in [0.2, 0.25) is 0 Å². The minimum Gasteiger partial charge on any atom is -0.433 e. The average molecular weight is 582 g/mol. The van der Waals surface area contributed by atoms with E-state index in [0.29, 0.717) is 18.8 Å². The minimum absolute atomic E-state index is 0.00662. The van der Waals surface area contributed by atoms with E-state index in [4.69, 9.17) is 4.74 Å². The Morgan fingerprint density at radius 3 is 2.49 bits per heavy atom. The molecule has 0 saturated heterocycles. The smallest absolute Gasteiger partial charge is 0.433 e. The molecular formula is C26H28F5N7O3. The second kappa shape index (κ2) is 13.6. The first-order valence-corrected chi connectivity index (χ1v) is 12.0. The van der Waals surface area contributed by atoms with Gasteiger partial charge in [-0.1, -0.05) is 12.6 Å². The lowest BCUT2D eigenvalue weighted by Crippen LogP contribution is -2.29. The number of alkyl halides is 5. The second-order valence-electron chi connectivity index (χ2n) is 8.75. The summed E-state index contributed by atoms with van der Waals surface area (Å²) in [4.78, 5) is 24.2. The van der Waals surface area contributed by atoms with Gasteiger partial charge in [0, 0.05) is 44.2 Å². The molecule has 220 valence electrons. The molecule has 15 heteroatoms. The number of hydrogen-bond donors (Lipinski definition) is 3. The highest BCUT2D eigenvalue weighted by Crippen LogP contribution is 2.39. The first-order valence-electron chi connectivity index (χ1n) is 12.0. The summed E-state index contributed by atoms with van der Waals surface area (Å²) in [5.41, 5.74) is 0.918. The largest absolute Gasteiger partial charge is 0.573 e. The number of ether oxygens (including phenoxy) is 2. The molecule has 2 aromatic carbocycles. The number of halogens is 5. The summed E-state index contributed by atoms with van der Waals surface area (Å²) >= 11 is 0. The average Bonchev–Trinajstić information content (AvgIpc) is 2.87. The number of aromatic nitrogens is 2. The highest BCUT2D eigenvalue weighted by atomic mass is 19.4. The van der Waals surface area contributed by atoms with E-state index < -0.39 is 24.6 Å². The maximum absolute atomic E-state index is 13.4. The Hall–Kier alpha value is -4.66. The minimum atomic E-state index is -4.86. The van der Waals surface area contributed by atoms with Crippen molar-refractivity contribution < 1.29 is 36.2 Å². The SMILES string of the molecule is C=CC(=O)Nc1cc(Nc2nccc(Nc3cccc(OC(F)(F)F)c3)n2)c(OC(F)F)cc1N(C)CCN(C)C. The van der Waals surface area contributed by atoms with E-state index in [9.17, 15) is 26.7 Å². The first kappa shape index (κ1) is 30.9. The van der Waals surface area contributed by atoms with Crippen LogP contribution in [0.25, 0.3) is 0 Å². The van der Waals surface area contributed by atoms with Gasteiger partial charge in [-0.05, 0) is 44.4 Å². The molecule has 0 aliphatic heterocycles. The monoisotopic (exact) mass is 581 g/mol. The van der Waals surface area contributed by atoms with Gasteiger partial charge in [-0.25, -0.2) is 4.98 Å². The Morgan fingerprint density at radius 1 is 1.07 bits per heavy atom. The molecule has 3 aromatic rings. The number of nitrogens with zero attached hydrogens (tertiary/aromatic N) is 4. The van der Waals surface area contributed by atoms with Crippen molar-refractivity contribution in [1.82, 2.24) is 14.9 Å². The Kier molecular flexibility index (Phi) is 10.2. The van der Waals surface area contributed by atoms with Gasteiger partial charge in [0.2, 0.25) is 11.9 Å². The van der Waals surface area contributed by atoms with Crippen LogP contribution in [-0.2, 0) is 4.79 Å². The molecule has 0 saturated carbocycles. The molecule has 10 nitrogen and oxygen atoms in total. The van der Waals surface area contributed by atoms with E-state index in [0.717, 1.165) is 18.2 Å². The topological polar surface area (TPSA) is 104 Å². The van der Waals surface area contributed by atoms with Gasteiger partial charge in [-0.3, -0.25) is 4.79 Å². The molecule has 3 rings (SSSR count). The highest BCUT2D eigenvalue weighted by molar-refractivity contribution is 6.02. The second-order valence-corrected chi connectivity index (χ2v) is 8.75. The van der Waals surface area contributed by atoms with E-state index in [-0.39, 0.29) is 34.6 Å². The van der Waals surface area contributed by atoms with Crippen LogP contribution in [0.5, 0.6) is 11.5 Å². The van der Waals surface area contributed by atoms with Gasteiger partial charge in [-0.15, -0.1) is 13.2 Å². The Bertz CT molecular complexity index is 1360. The summed E-state index contributed by atoms with van der Waals surface area (Å²) < 4.78 is 73.1. The molecule has 0 spiro atoms. The van der Waals surface area contributed by atoms with Crippen LogP contribution in [0.4, 0.5) is 56.5 Å². The zero-order chi connectivity index (χ0) is 30.2. The van der Waals surface area contributed by atoms with E-state index in [1.165, 1.54) is 36.5 Å². The Balaban J connectivity index is 1.93. The van der Waals surface area contributed by atoms with Crippen molar-refractivity contribution in [3.63, 3.8) is 0 Å². The van der Waals surface area contributed by atoms with Crippen molar-refractivity contribution in [1.29, 1.82) is 0 Å². The van der Waals surface area contributed by atoms with Crippen LogP contribution in [0, 0.1) is 0 Å². The van der Waals surface area contributed by atoms with E-state index in [1.54, 1.807) is 11.9 Å². The summed E-state index contributed by atoms with van der Waals surface area (Å²) in [7, 11) is 5.49. The maximum Gasteiger partial charge on any atom is 0.573 e. The van der Waals surface area contributed by atoms with Crippen LogP contribution >= 0.6 is 0 Å². The Labute approximate surface area is 232 Å². The molecule has 0 radical (unpaired) electrons. The molecule has 0 unspecified atom stereocenters. The number of benzene rings is 2. The highest BCUT2D eigenvalue weighted by Gasteiger charge is 2.31. The molecule has 0 aliphatic rings. The maximum atomic E-state index is 13.4. The van der Waals surface area contributed by atoms with Crippen molar-refractivity contribution in [3.05, 3.63) is 61.3 Å². The third-order valence-corrected chi connectivity index (χ3v) is 5.29. The van der Waals surface area contributed by atoms with Gasteiger partial charge in [0.1, 0.15) is 11.6 Å². The normalized spacial score (nSPS) is 11.3. The molecular weight excluding hydrogens is 553 g/mol. The number of rotatable bonds is 13. The van der Waals surface area contributed by atoms with Crippen molar-refractivity contribution in [3.8, 4) is 11.5 Å². The van der Waals surface area contributed by atoms with E-state index >= 15 is 0 Å². The summed E-state index contributed by atoms with van der Waals surface area (Å²) in [5.74, 6) is -1.11. The number of anilines is 6. The van der Waals surface area contributed by atoms with Gasteiger partial charge in [0.15, 0.2) is 5.75 Å². The number of carbonyl (C=O) groups excluding carboxylic acids is 1. The number of nitrogens with one attached hydrogen (secondary N) is 3. The van der Waals surface area contributed by atoms with Gasteiger partial charge in [0.05, 0.1) is 17.1 Å². The van der Waals surface area contributed by atoms with E-state index in [2.05, 4.69) is 37.2 Å². The standard InChI is InChI=1S/C26H28F5N7O3/c1-5-23(39)34-18-14-19(21(40-24(27)28)15-20(18)38(4)12-11-37(2)3)35-25-32-10-9-22(36-25)33-16-7-6-8-17(13-16)41-26(29,30)31/h5-10,13-15,24H,1,11-12H2,2-4H3,(H,34,39)(H2,32,33,35,36). The van der Waals surface area contributed by atoms with Crippen molar-refractivity contribution >= 4 is 40.4 Å². The van der Waals surface area contributed by atoms with Crippen LogP contribution in [0.3, 0.4) is 0 Å². The van der Waals surface area contributed by atoms with Crippen molar-refractivity contribution in [2.24, 2.45) is 0 Å². The summed E-state index contributed by atoms with van der Waals surface area (Å²) in [6, 6.07) is 9.29. The zero-order valence-electron chi connectivity index (χ0n) is 22.3. The number of hydrogen-bond acceptors (Lipinski definition) is 9. The van der Waals surface area contributed by atoms with Gasteiger partial charge in [0.25, 0.3) is 0 Å². The van der Waals surface area contributed by atoms with Crippen LogP contribution < -0.4 is 30.3 Å². The quantitative estimate of drug-likeness (QED) is 0.176. The van der Waals surface area contributed by atoms with Crippen molar-refractivity contribution in [2.45, 2.75) is 13.0 Å². The summed E-state index contributed by atoms with van der Waals surface area (Å²) in [6.45, 7) is 1.41. The predicted octanol–water partition coefficient (Wildman–Crippen LogP) is 5.59. The molecule has 1 amide bonds. The molecule has 0 fully saturated rings. The van der Waals surface area contributed by atoms with Gasteiger partial charge in [-0.2, -0.15) is 13.8 Å². The van der Waals surface area contributed by atoms with Crippen LogP contribution in [0.1, 0.15) is 0 Å². The van der Waals surface area contributed by atoms with Crippen LogP contribution in [0.15, 0.2) is 61.3 Å². The van der Waals surface area contributed by atoms with Gasteiger partial charge >= 0.3 is 13.0 Å². The number of amides is 1. The fourth-order valence-electron chi connectivity index (χ4n) is 3.46. The molecule has 1 aromatic heterocycles. The number of likely N-dealkylation sites (N-methyl/N-ethyl adjacent to an activating group) is 2. The van der Waals surface area contributed by atoms with E-state index in [1.807, 2.05) is 19.0 Å². The molecule has 1 heterocycles. The summed E-state index contributed by atoms with van der Waals surface area (Å²) in [6.07, 6.45) is -2.46. The lowest BCUT2D eigenvalue weighted by molar-refractivity contribution is -0.274. The molecule has 0 bridgehead atoms. The summed E-state index contributed by atoms with van der Waals surface area (Å²) in [5, 5.41) is 8.28. The fraction of sp³-hybridized carbons (Fsp3) is 0.269. The lowest BCUT2D eigenvalue weighted by Gasteiger charge is -2.26. The Morgan fingerprint density at radius 2 is 1.83 bits per heavy atom. The fourth-order valence-corrected chi connectivity index (χ4v) is 3.46. The lowest BCUT2D eigenvalue weighted by atomic mass is 10.2. The van der Waals surface area contributed by atoms with Crippen molar-refractivity contribution in [2.75, 3.05) is 55.1 Å². The molecule has 0 aliphatic carbocycles. The molecule has 41 heavy (non-hydrogen) atoms. The molecule has 0 atom stereocenters. The number of carbonyl (C=O) groups is 1. The zero-order valence-corrected chi connectivity index (χ0v) is 22.3. The first-order chi connectivity index (χ1) is 19.3. The van der Waals surface area contributed by atoms with Gasteiger partial charge < -0.3 is 35.2 Å². The van der Waals surface area contributed by atoms with Crippen LogP contribution in [-0.4, -0.2) is 68.0 Å². The molecule has 3 N–H and O–H groups in total. The third-order valence-electron chi connectivity index (χ3n) is 5.29. The predicted molar refractivity (Wildman–Crippen MR) is 145 cm³/mol.